The van der Waals surface area contributed by atoms with E-state index in [4.69, 9.17) is 9.47 Å². The van der Waals surface area contributed by atoms with Gasteiger partial charge in [-0.25, -0.2) is 0 Å². The normalized spacial score (nSPS) is 13.0. The first-order valence-corrected chi connectivity index (χ1v) is 8.46. The number of nitrogens with zero attached hydrogens (tertiary/aromatic N) is 1. The number of benzene rings is 2. The molecule has 0 saturated heterocycles. The standard InChI is InChI=1S/C20H25NO2/c1-4-21-19-9-7-6-8-17(19)18-14-16(10-11-20(18)21)15(3)23-13-12-22-5-2/h6-11,14-15H,4-5,12-13H2,1-3H3. The van der Waals surface area contributed by atoms with Gasteiger partial charge < -0.3 is 14.0 Å². The van der Waals surface area contributed by atoms with Crippen LogP contribution < -0.4 is 0 Å². The Morgan fingerprint density at radius 1 is 0.957 bits per heavy atom. The van der Waals surface area contributed by atoms with Crippen LogP contribution in [0.25, 0.3) is 21.8 Å². The third kappa shape index (κ3) is 3.12. The monoisotopic (exact) mass is 311 g/mol. The first-order valence-electron chi connectivity index (χ1n) is 8.46. The maximum atomic E-state index is 5.89. The summed E-state index contributed by atoms with van der Waals surface area (Å²) in [4.78, 5) is 0. The molecular formula is C20H25NO2. The Morgan fingerprint density at radius 2 is 1.74 bits per heavy atom. The molecule has 0 saturated carbocycles. The lowest BCUT2D eigenvalue weighted by molar-refractivity contribution is 0.0147. The van der Waals surface area contributed by atoms with Gasteiger partial charge >= 0.3 is 0 Å². The fraction of sp³-hybridized carbons (Fsp3) is 0.400. The van der Waals surface area contributed by atoms with Crippen molar-refractivity contribution in [1.82, 2.24) is 4.57 Å². The number of hydrogen-bond acceptors (Lipinski definition) is 2. The van der Waals surface area contributed by atoms with Gasteiger partial charge in [0.2, 0.25) is 0 Å². The molecular weight excluding hydrogens is 286 g/mol. The molecule has 0 aliphatic carbocycles. The fourth-order valence-electron chi connectivity index (χ4n) is 3.19. The van der Waals surface area contributed by atoms with Crippen LogP contribution in [0.5, 0.6) is 0 Å². The van der Waals surface area contributed by atoms with Gasteiger partial charge in [-0.15, -0.1) is 0 Å². The number of aryl methyl sites for hydroxylation is 1. The molecule has 3 nitrogen and oxygen atoms in total. The SMILES string of the molecule is CCOCCOC(C)c1ccc2c(c1)c1ccccc1n2CC. The molecule has 0 aliphatic heterocycles. The minimum atomic E-state index is 0.0728. The summed E-state index contributed by atoms with van der Waals surface area (Å²) in [6, 6.07) is 15.3. The van der Waals surface area contributed by atoms with Gasteiger partial charge in [-0.1, -0.05) is 24.3 Å². The van der Waals surface area contributed by atoms with E-state index in [0.29, 0.717) is 13.2 Å². The van der Waals surface area contributed by atoms with Crippen molar-refractivity contribution >= 4 is 21.8 Å². The minimum Gasteiger partial charge on any atom is -0.379 e. The molecule has 0 radical (unpaired) electrons. The molecule has 2 aromatic carbocycles. The summed E-state index contributed by atoms with van der Waals surface area (Å²) in [5, 5.41) is 2.62. The zero-order chi connectivity index (χ0) is 16.2. The largest absolute Gasteiger partial charge is 0.379 e. The van der Waals surface area contributed by atoms with E-state index >= 15 is 0 Å². The van der Waals surface area contributed by atoms with Crippen molar-refractivity contribution in [3.8, 4) is 0 Å². The van der Waals surface area contributed by atoms with Crippen LogP contribution in [0.4, 0.5) is 0 Å². The average molecular weight is 311 g/mol. The number of hydrogen-bond donors (Lipinski definition) is 0. The molecule has 0 amide bonds. The van der Waals surface area contributed by atoms with Crippen LogP contribution in [-0.2, 0) is 16.0 Å². The molecule has 3 rings (SSSR count). The summed E-state index contributed by atoms with van der Waals surface area (Å²) in [5.41, 5.74) is 3.80. The first kappa shape index (κ1) is 16.0. The molecule has 0 N–H and O–H groups in total. The van der Waals surface area contributed by atoms with E-state index < -0.39 is 0 Å². The third-order valence-electron chi connectivity index (χ3n) is 4.38. The second-order valence-electron chi connectivity index (χ2n) is 5.75. The number of fused-ring (bicyclic) bond motifs is 3. The van der Waals surface area contributed by atoms with Crippen molar-refractivity contribution in [1.29, 1.82) is 0 Å². The average Bonchev–Trinajstić information content (AvgIpc) is 2.91. The second kappa shape index (κ2) is 7.16. The van der Waals surface area contributed by atoms with Crippen LogP contribution in [0.2, 0.25) is 0 Å². The predicted octanol–water partition coefficient (Wildman–Crippen LogP) is 4.93. The molecule has 122 valence electrons. The summed E-state index contributed by atoms with van der Waals surface area (Å²) >= 11 is 0. The van der Waals surface area contributed by atoms with Crippen molar-refractivity contribution in [2.75, 3.05) is 19.8 Å². The molecule has 0 aliphatic rings. The van der Waals surface area contributed by atoms with Crippen LogP contribution in [0.1, 0.15) is 32.4 Å². The molecule has 1 aromatic heterocycles. The Labute approximate surface area is 137 Å². The number of ether oxygens (including phenoxy) is 2. The zero-order valence-electron chi connectivity index (χ0n) is 14.2. The maximum absolute atomic E-state index is 5.89. The molecule has 1 heterocycles. The van der Waals surface area contributed by atoms with Crippen molar-refractivity contribution < 1.29 is 9.47 Å². The molecule has 0 fully saturated rings. The summed E-state index contributed by atoms with van der Waals surface area (Å²) in [6.07, 6.45) is 0.0728. The molecule has 3 heteroatoms. The quantitative estimate of drug-likeness (QED) is 0.578. The Bertz CT molecular complexity index is 791. The van der Waals surface area contributed by atoms with Crippen LogP contribution in [0.3, 0.4) is 0 Å². The van der Waals surface area contributed by atoms with Gasteiger partial charge in [0.15, 0.2) is 0 Å². The molecule has 23 heavy (non-hydrogen) atoms. The zero-order valence-corrected chi connectivity index (χ0v) is 14.2. The van der Waals surface area contributed by atoms with Crippen LogP contribution in [0.15, 0.2) is 42.5 Å². The summed E-state index contributed by atoms with van der Waals surface area (Å²) < 4.78 is 13.6. The Morgan fingerprint density at radius 3 is 2.52 bits per heavy atom. The molecule has 3 aromatic rings. The van der Waals surface area contributed by atoms with Crippen molar-refractivity contribution in [3.05, 3.63) is 48.0 Å². The first-order chi connectivity index (χ1) is 11.3. The van der Waals surface area contributed by atoms with Gasteiger partial charge in [0.05, 0.1) is 19.3 Å². The molecule has 0 bridgehead atoms. The van der Waals surface area contributed by atoms with E-state index in [1.807, 2.05) is 6.92 Å². The second-order valence-corrected chi connectivity index (χ2v) is 5.75. The number of aromatic nitrogens is 1. The molecule has 0 spiro atoms. The van der Waals surface area contributed by atoms with Crippen LogP contribution in [-0.4, -0.2) is 24.4 Å². The van der Waals surface area contributed by atoms with Crippen LogP contribution in [0, 0.1) is 0 Å². The number of para-hydroxylation sites is 1. The predicted molar refractivity (Wildman–Crippen MR) is 96.0 cm³/mol. The smallest absolute Gasteiger partial charge is 0.0798 e. The van der Waals surface area contributed by atoms with E-state index in [1.165, 1.54) is 27.4 Å². The van der Waals surface area contributed by atoms with Gasteiger partial charge in [-0.05, 0) is 44.5 Å². The lowest BCUT2D eigenvalue weighted by Crippen LogP contribution is -2.07. The highest BCUT2D eigenvalue weighted by Crippen LogP contribution is 2.31. The van der Waals surface area contributed by atoms with Gasteiger partial charge in [-0.2, -0.15) is 0 Å². The summed E-state index contributed by atoms with van der Waals surface area (Å²) in [5.74, 6) is 0. The van der Waals surface area contributed by atoms with Gasteiger partial charge in [0.1, 0.15) is 0 Å². The van der Waals surface area contributed by atoms with Crippen LogP contribution >= 0.6 is 0 Å². The Balaban J connectivity index is 1.94. The topological polar surface area (TPSA) is 23.4 Å². The Kier molecular flexibility index (Phi) is 4.99. The highest BCUT2D eigenvalue weighted by Gasteiger charge is 2.12. The van der Waals surface area contributed by atoms with Gasteiger partial charge in [0.25, 0.3) is 0 Å². The van der Waals surface area contributed by atoms with Crippen molar-refractivity contribution in [3.63, 3.8) is 0 Å². The van der Waals surface area contributed by atoms with E-state index in [0.717, 1.165) is 13.2 Å². The van der Waals surface area contributed by atoms with Crippen molar-refractivity contribution in [2.45, 2.75) is 33.4 Å². The van der Waals surface area contributed by atoms with E-state index in [-0.39, 0.29) is 6.10 Å². The minimum absolute atomic E-state index is 0.0728. The molecule has 1 atom stereocenters. The molecule has 1 unspecified atom stereocenters. The highest BCUT2D eigenvalue weighted by molar-refractivity contribution is 6.08. The lowest BCUT2D eigenvalue weighted by Gasteiger charge is -2.14. The van der Waals surface area contributed by atoms with Crippen molar-refractivity contribution in [2.24, 2.45) is 0 Å². The fourth-order valence-corrected chi connectivity index (χ4v) is 3.19. The van der Waals surface area contributed by atoms with E-state index in [9.17, 15) is 0 Å². The Hall–Kier alpha value is -1.84. The summed E-state index contributed by atoms with van der Waals surface area (Å²) in [6.45, 7) is 9.29. The van der Waals surface area contributed by atoms with E-state index in [1.54, 1.807) is 0 Å². The summed E-state index contributed by atoms with van der Waals surface area (Å²) in [7, 11) is 0. The van der Waals surface area contributed by atoms with Gasteiger partial charge in [0, 0.05) is 35.0 Å². The van der Waals surface area contributed by atoms with Gasteiger partial charge in [-0.3, -0.25) is 0 Å². The number of rotatable bonds is 7. The third-order valence-corrected chi connectivity index (χ3v) is 4.38. The lowest BCUT2D eigenvalue weighted by atomic mass is 10.1. The highest BCUT2D eigenvalue weighted by atomic mass is 16.5. The maximum Gasteiger partial charge on any atom is 0.0798 e. The van der Waals surface area contributed by atoms with E-state index in [2.05, 4.69) is 60.9 Å².